The number of halogens is 1. The van der Waals surface area contributed by atoms with Crippen LogP contribution in [0, 0.1) is 0 Å². The van der Waals surface area contributed by atoms with Crippen molar-refractivity contribution < 1.29 is 4.79 Å². The van der Waals surface area contributed by atoms with Crippen LogP contribution in [0.25, 0.3) is 5.57 Å². The third-order valence-corrected chi connectivity index (χ3v) is 7.21. The molecule has 3 heteroatoms. The van der Waals surface area contributed by atoms with Gasteiger partial charge >= 0.3 is 0 Å². The van der Waals surface area contributed by atoms with Crippen LogP contribution in [0.3, 0.4) is 0 Å². The van der Waals surface area contributed by atoms with Gasteiger partial charge in [-0.1, -0.05) is 105 Å². The third kappa shape index (κ3) is 6.72. The van der Waals surface area contributed by atoms with Crippen molar-refractivity contribution in [3.05, 3.63) is 112 Å². The minimum absolute atomic E-state index is 0.108. The third-order valence-electron chi connectivity index (χ3n) is 6.96. The molecule has 1 heterocycles. The summed E-state index contributed by atoms with van der Waals surface area (Å²) in [4.78, 5) is 15.2. The second kappa shape index (κ2) is 11.4. The number of carbonyl (C=O) groups excluding carboxylic acids is 1. The monoisotopic (exact) mass is 485 g/mol. The Bertz CT molecular complexity index is 1140. The SMILES string of the molecule is CC(C)(C)c1ccc(C(=O)CCCN2CCC(=C(c3ccccc3)c3ccc(Cl)cc3)CC2)cc1. The van der Waals surface area contributed by atoms with E-state index in [0.29, 0.717) is 6.42 Å². The fourth-order valence-electron chi connectivity index (χ4n) is 4.86. The van der Waals surface area contributed by atoms with Gasteiger partial charge in [0, 0.05) is 30.1 Å². The molecule has 0 spiro atoms. The normalized spacial score (nSPS) is 14.7. The molecule has 35 heavy (non-hydrogen) atoms. The number of hydrogen-bond acceptors (Lipinski definition) is 2. The van der Waals surface area contributed by atoms with Crippen LogP contribution in [0.15, 0.2) is 84.4 Å². The Kier molecular flexibility index (Phi) is 8.26. The molecule has 182 valence electrons. The number of benzene rings is 3. The van der Waals surface area contributed by atoms with E-state index in [1.165, 1.54) is 27.8 Å². The molecule has 0 aromatic heterocycles. The van der Waals surface area contributed by atoms with E-state index >= 15 is 0 Å². The highest BCUT2D eigenvalue weighted by Gasteiger charge is 2.19. The molecule has 0 bridgehead atoms. The van der Waals surface area contributed by atoms with Crippen molar-refractivity contribution in [3.8, 4) is 0 Å². The maximum Gasteiger partial charge on any atom is 0.162 e. The van der Waals surface area contributed by atoms with Crippen LogP contribution >= 0.6 is 11.6 Å². The first-order valence-corrected chi connectivity index (χ1v) is 13.1. The molecule has 0 radical (unpaired) electrons. The minimum atomic E-state index is 0.108. The summed E-state index contributed by atoms with van der Waals surface area (Å²) in [7, 11) is 0. The van der Waals surface area contributed by atoms with Gasteiger partial charge in [-0.25, -0.2) is 0 Å². The zero-order valence-corrected chi connectivity index (χ0v) is 21.9. The van der Waals surface area contributed by atoms with Gasteiger partial charge < -0.3 is 4.90 Å². The van der Waals surface area contributed by atoms with E-state index in [-0.39, 0.29) is 11.2 Å². The summed E-state index contributed by atoms with van der Waals surface area (Å²) in [6.45, 7) is 9.63. The first-order chi connectivity index (χ1) is 16.8. The van der Waals surface area contributed by atoms with Crippen molar-refractivity contribution in [1.29, 1.82) is 0 Å². The van der Waals surface area contributed by atoms with Gasteiger partial charge in [-0.2, -0.15) is 0 Å². The number of carbonyl (C=O) groups is 1. The summed E-state index contributed by atoms with van der Waals surface area (Å²) in [5, 5.41) is 0.765. The first-order valence-electron chi connectivity index (χ1n) is 12.7. The second-order valence-corrected chi connectivity index (χ2v) is 11.0. The molecule has 3 aromatic carbocycles. The van der Waals surface area contributed by atoms with E-state index in [4.69, 9.17) is 11.6 Å². The molecule has 0 unspecified atom stereocenters. The predicted octanol–water partition coefficient (Wildman–Crippen LogP) is 8.20. The lowest BCUT2D eigenvalue weighted by molar-refractivity contribution is 0.0974. The number of nitrogens with zero attached hydrogens (tertiary/aromatic N) is 1. The predicted molar refractivity (Wildman–Crippen MR) is 148 cm³/mol. The fraction of sp³-hybridized carbons (Fsp3) is 0.344. The van der Waals surface area contributed by atoms with E-state index in [1.807, 2.05) is 24.3 Å². The quantitative estimate of drug-likeness (QED) is 0.314. The minimum Gasteiger partial charge on any atom is -0.303 e. The van der Waals surface area contributed by atoms with E-state index in [0.717, 1.165) is 49.5 Å². The molecule has 4 rings (SSSR count). The number of hydrogen-bond donors (Lipinski definition) is 0. The summed E-state index contributed by atoms with van der Waals surface area (Å²) >= 11 is 6.16. The largest absolute Gasteiger partial charge is 0.303 e. The van der Waals surface area contributed by atoms with E-state index < -0.39 is 0 Å². The summed E-state index contributed by atoms with van der Waals surface area (Å²) in [5.41, 5.74) is 7.54. The number of likely N-dealkylation sites (tertiary alicyclic amines) is 1. The summed E-state index contributed by atoms with van der Waals surface area (Å²) in [6.07, 6.45) is 3.61. The Morgan fingerprint density at radius 2 is 1.37 bits per heavy atom. The number of ketones is 1. The first kappa shape index (κ1) is 25.4. The molecule has 0 aliphatic carbocycles. The van der Waals surface area contributed by atoms with Crippen molar-refractivity contribution >= 4 is 23.0 Å². The van der Waals surface area contributed by atoms with Crippen LogP contribution < -0.4 is 0 Å². The van der Waals surface area contributed by atoms with Crippen LogP contribution in [-0.4, -0.2) is 30.3 Å². The second-order valence-electron chi connectivity index (χ2n) is 10.5. The molecular formula is C32H36ClNO. The van der Waals surface area contributed by atoms with Crippen molar-refractivity contribution in [2.75, 3.05) is 19.6 Å². The number of piperidine rings is 1. The number of Topliss-reactive ketones (excluding diaryl/α,β-unsaturated/α-hetero) is 1. The van der Waals surface area contributed by atoms with E-state index in [2.05, 4.69) is 80.3 Å². The van der Waals surface area contributed by atoms with Crippen LogP contribution in [0.1, 0.15) is 73.5 Å². The van der Waals surface area contributed by atoms with Crippen molar-refractivity contribution in [2.45, 2.75) is 51.9 Å². The molecule has 0 amide bonds. The van der Waals surface area contributed by atoms with Gasteiger partial charge in [0.25, 0.3) is 0 Å². The molecule has 1 fully saturated rings. The lowest BCUT2D eigenvalue weighted by atomic mass is 9.86. The Hall–Kier alpha value is -2.68. The smallest absolute Gasteiger partial charge is 0.162 e. The van der Waals surface area contributed by atoms with Gasteiger partial charge in [-0.3, -0.25) is 4.79 Å². The zero-order chi connectivity index (χ0) is 24.8. The Labute approximate surface area is 215 Å². The molecule has 2 nitrogen and oxygen atoms in total. The van der Waals surface area contributed by atoms with Gasteiger partial charge in [-0.15, -0.1) is 0 Å². The van der Waals surface area contributed by atoms with E-state index in [1.54, 1.807) is 0 Å². The van der Waals surface area contributed by atoms with Crippen LogP contribution in [-0.2, 0) is 5.41 Å². The fourth-order valence-corrected chi connectivity index (χ4v) is 4.98. The molecule has 0 atom stereocenters. The van der Waals surface area contributed by atoms with Gasteiger partial charge in [0.2, 0.25) is 0 Å². The Morgan fingerprint density at radius 1 is 0.800 bits per heavy atom. The summed E-state index contributed by atoms with van der Waals surface area (Å²) in [5.74, 6) is 0.247. The average molecular weight is 486 g/mol. The summed E-state index contributed by atoms with van der Waals surface area (Å²) in [6, 6.07) is 27.0. The van der Waals surface area contributed by atoms with Gasteiger partial charge in [-0.05, 0) is 65.6 Å². The summed E-state index contributed by atoms with van der Waals surface area (Å²) < 4.78 is 0. The van der Waals surface area contributed by atoms with Gasteiger partial charge in [0.15, 0.2) is 5.78 Å². The maximum absolute atomic E-state index is 12.7. The molecule has 0 N–H and O–H groups in total. The van der Waals surface area contributed by atoms with Crippen molar-refractivity contribution in [3.63, 3.8) is 0 Å². The molecule has 1 saturated heterocycles. The topological polar surface area (TPSA) is 20.3 Å². The zero-order valence-electron chi connectivity index (χ0n) is 21.2. The van der Waals surface area contributed by atoms with Crippen LogP contribution in [0.2, 0.25) is 5.02 Å². The lowest BCUT2D eigenvalue weighted by Gasteiger charge is -2.30. The molecule has 3 aromatic rings. The lowest BCUT2D eigenvalue weighted by Crippen LogP contribution is -2.32. The highest BCUT2D eigenvalue weighted by Crippen LogP contribution is 2.33. The van der Waals surface area contributed by atoms with Gasteiger partial charge in [0.05, 0.1) is 0 Å². The van der Waals surface area contributed by atoms with Crippen LogP contribution in [0.5, 0.6) is 0 Å². The highest BCUT2D eigenvalue weighted by molar-refractivity contribution is 6.30. The standard InChI is InChI=1S/C32H36ClNO/c1-32(2,3)28-15-11-24(12-16-28)30(35)10-7-21-34-22-19-27(20-23-34)31(25-8-5-4-6-9-25)26-13-17-29(33)18-14-26/h4-6,8-9,11-18H,7,10,19-23H2,1-3H3. The highest BCUT2D eigenvalue weighted by atomic mass is 35.5. The van der Waals surface area contributed by atoms with Gasteiger partial charge in [0.1, 0.15) is 0 Å². The van der Waals surface area contributed by atoms with Crippen molar-refractivity contribution in [2.24, 2.45) is 0 Å². The molecule has 1 aliphatic rings. The average Bonchev–Trinajstić information content (AvgIpc) is 2.86. The van der Waals surface area contributed by atoms with E-state index in [9.17, 15) is 4.79 Å². The maximum atomic E-state index is 12.7. The van der Waals surface area contributed by atoms with Crippen molar-refractivity contribution in [1.82, 2.24) is 4.90 Å². The molecular weight excluding hydrogens is 450 g/mol. The Morgan fingerprint density at radius 3 is 1.97 bits per heavy atom. The molecule has 0 saturated carbocycles. The number of rotatable bonds is 7. The Balaban J connectivity index is 1.35. The van der Waals surface area contributed by atoms with Crippen LogP contribution in [0.4, 0.5) is 0 Å². The molecule has 1 aliphatic heterocycles.